The fraction of sp³-hybridized carbons (Fsp3) is 0.0909. The lowest BCUT2D eigenvalue weighted by molar-refractivity contribution is 0.618. The molecular weight excluding hydrogens is 179 g/mol. The molecule has 72 valence electrons. The first kappa shape index (κ1) is 8.81. The summed E-state index contributed by atoms with van der Waals surface area (Å²) in [6.45, 7) is 0. The van der Waals surface area contributed by atoms with E-state index in [1.165, 1.54) is 6.07 Å². The van der Waals surface area contributed by atoms with Gasteiger partial charge in [0.05, 0.1) is 11.4 Å². The zero-order valence-electron chi connectivity index (χ0n) is 7.87. The van der Waals surface area contributed by atoms with Gasteiger partial charge in [-0.25, -0.2) is 4.39 Å². The molecule has 0 radical (unpaired) electrons. The average molecular weight is 190 g/mol. The Balaban J connectivity index is 2.44. The SMILES string of the molecule is CNc1ccn(-c2ccccc2F)c1. The fourth-order valence-corrected chi connectivity index (χ4v) is 1.36. The van der Waals surface area contributed by atoms with Crippen LogP contribution in [0.3, 0.4) is 0 Å². The second-order valence-electron chi connectivity index (χ2n) is 3.01. The summed E-state index contributed by atoms with van der Waals surface area (Å²) in [5.41, 5.74) is 1.53. The number of nitrogens with one attached hydrogen (secondary N) is 1. The maximum atomic E-state index is 13.3. The predicted octanol–water partition coefficient (Wildman–Crippen LogP) is 2.66. The quantitative estimate of drug-likeness (QED) is 0.770. The molecule has 0 bridgehead atoms. The van der Waals surface area contributed by atoms with Crippen LogP contribution < -0.4 is 5.32 Å². The van der Waals surface area contributed by atoms with Gasteiger partial charge >= 0.3 is 0 Å². The highest BCUT2D eigenvalue weighted by molar-refractivity contribution is 5.45. The topological polar surface area (TPSA) is 17.0 Å². The van der Waals surface area contributed by atoms with Crippen LogP contribution in [0.25, 0.3) is 5.69 Å². The Morgan fingerprint density at radius 3 is 2.64 bits per heavy atom. The number of rotatable bonds is 2. The van der Waals surface area contributed by atoms with Crippen molar-refractivity contribution in [2.24, 2.45) is 0 Å². The summed E-state index contributed by atoms with van der Waals surface area (Å²) in [7, 11) is 1.83. The monoisotopic (exact) mass is 190 g/mol. The Morgan fingerprint density at radius 1 is 1.21 bits per heavy atom. The minimum absolute atomic E-state index is 0.217. The van der Waals surface area contributed by atoms with Gasteiger partial charge in [-0.05, 0) is 18.2 Å². The van der Waals surface area contributed by atoms with Gasteiger partial charge in [0, 0.05) is 19.4 Å². The van der Waals surface area contributed by atoms with Crippen LogP contribution >= 0.6 is 0 Å². The number of anilines is 1. The van der Waals surface area contributed by atoms with E-state index in [2.05, 4.69) is 5.32 Å². The van der Waals surface area contributed by atoms with Gasteiger partial charge in [-0.3, -0.25) is 0 Å². The molecule has 0 aliphatic heterocycles. The second kappa shape index (κ2) is 3.54. The van der Waals surface area contributed by atoms with Crippen molar-refractivity contribution in [2.75, 3.05) is 12.4 Å². The van der Waals surface area contributed by atoms with Crippen molar-refractivity contribution >= 4 is 5.69 Å². The third-order valence-electron chi connectivity index (χ3n) is 2.11. The molecule has 0 atom stereocenters. The summed E-state index contributed by atoms with van der Waals surface area (Å²) in [6.07, 6.45) is 3.67. The van der Waals surface area contributed by atoms with Gasteiger partial charge in [-0.1, -0.05) is 12.1 Å². The lowest BCUT2D eigenvalue weighted by Gasteiger charge is -2.03. The van der Waals surface area contributed by atoms with E-state index in [0.29, 0.717) is 5.69 Å². The molecule has 0 amide bonds. The smallest absolute Gasteiger partial charge is 0.147 e. The molecule has 2 nitrogen and oxygen atoms in total. The van der Waals surface area contributed by atoms with Crippen molar-refractivity contribution < 1.29 is 4.39 Å². The van der Waals surface area contributed by atoms with Gasteiger partial charge in [-0.15, -0.1) is 0 Å². The highest BCUT2D eigenvalue weighted by Gasteiger charge is 2.02. The van der Waals surface area contributed by atoms with E-state index in [-0.39, 0.29) is 5.82 Å². The normalized spacial score (nSPS) is 10.1. The van der Waals surface area contributed by atoms with Gasteiger partial charge < -0.3 is 9.88 Å². The number of para-hydroxylation sites is 1. The Bertz CT molecular complexity index is 434. The largest absolute Gasteiger partial charge is 0.387 e. The molecule has 14 heavy (non-hydrogen) atoms. The molecule has 1 heterocycles. The fourth-order valence-electron chi connectivity index (χ4n) is 1.36. The summed E-state index contributed by atoms with van der Waals surface area (Å²) < 4.78 is 15.1. The van der Waals surface area contributed by atoms with Crippen LogP contribution in [0, 0.1) is 5.82 Å². The van der Waals surface area contributed by atoms with Crippen molar-refractivity contribution in [3.63, 3.8) is 0 Å². The molecule has 2 aromatic rings. The van der Waals surface area contributed by atoms with E-state index >= 15 is 0 Å². The van der Waals surface area contributed by atoms with E-state index < -0.39 is 0 Å². The Morgan fingerprint density at radius 2 is 2.00 bits per heavy atom. The third-order valence-corrected chi connectivity index (χ3v) is 2.11. The molecule has 0 aliphatic rings. The summed E-state index contributed by atoms with van der Waals surface area (Å²) >= 11 is 0. The molecular formula is C11H11FN2. The van der Waals surface area contributed by atoms with Crippen LogP contribution in [0.5, 0.6) is 0 Å². The van der Waals surface area contributed by atoms with E-state index in [0.717, 1.165) is 5.69 Å². The van der Waals surface area contributed by atoms with Gasteiger partial charge in [0.15, 0.2) is 0 Å². The van der Waals surface area contributed by atoms with Crippen molar-refractivity contribution in [1.29, 1.82) is 0 Å². The number of hydrogen-bond acceptors (Lipinski definition) is 1. The summed E-state index contributed by atoms with van der Waals surface area (Å²) in [5, 5.41) is 2.99. The zero-order valence-corrected chi connectivity index (χ0v) is 7.87. The number of benzene rings is 1. The molecule has 1 N–H and O–H groups in total. The maximum Gasteiger partial charge on any atom is 0.147 e. The average Bonchev–Trinajstić information content (AvgIpc) is 2.67. The number of nitrogens with zero attached hydrogens (tertiary/aromatic N) is 1. The van der Waals surface area contributed by atoms with Crippen LogP contribution in [0.15, 0.2) is 42.7 Å². The van der Waals surface area contributed by atoms with Crippen molar-refractivity contribution in [3.05, 3.63) is 48.5 Å². The number of hydrogen-bond donors (Lipinski definition) is 1. The Kier molecular flexibility index (Phi) is 2.23. The molecule has 0 aliphatic carbocycles. The molecule has 0 spiro atoms. The van der Waals surface area contributed by atoms with E-state index in [9.17, 15) is 4.39 Å². The molecule has 2 rings (SSSR count). The first-order chi connectivity index (χ1) is 6.81. The van der Waals surface area contributed by atoms with Gasteiger partial charge in [0.2, 0.25) is 0 Å². The molecule has 0 unspecified atom stereocenters. The van der Waals surface area contributed by atoms with Gasteiger partial charge in [-0.2, -0.15) is 0 Å². The molecule has 3 heteroatoms. The van der Waals surface area contributed by atoms with Crippen LogP contribution in [0.4, 0.5) is 10.1 Å². The van der Waals surface area contributed by atoms with Crippen LogP contribution in [-0.4, -0.2) is 11.6 Å². The Labute approximate surface area is 82.0 Å². The van der Waals surface area contributed by atoms with E-state index in [4.69, 9.17) is 0 Å². The predicted molar refractivity (Wildman–Crippen MR) is 55.3 cm³/mol. The molecule has 1 aromatic carbocycles. The molecule has 1 aromatic heterocycles. The molecule has 0 saturated heterocycles. The minimum Gasteiger partial charge on any atom is -0.387 e. The first-order valence-electron chi connectivity index (χ1n) is 4.42. The van der Waals surface area contributed by atoms with Gasteiger partial charge in [0.25, 0.3) is 0 Å². The standard InChI is InChI=1S/C11H11FN2/c1-13-9-6-7-14(8-9)11-5-3-2-4-10(11)12/h2-8,13H,1H3. The Hall–Kier alpha value is -1.77. The van der Waals surface area contributed by atoms with E-state index in [1.54, 1.807) is 16.7 Å². The van der Waals surface area contributed by atoms with Crippen LogP contribution in [-0.2, 0) is 0 Å². The highest BCUT2D eigenvalue weighted by Crippen LogP contribution is 2.16. The van der Waals surface area contributed by atoms with Gasteiger partial charge in [0.1, 0.15) is 5.82 Å². The van der Waals surface area contributed by atoms with E-state index in [1.807, 2.05) is 31.6 Å². The number of aromatic nitrogens is 1. The number of halogens is 1. The van der Waals surface area contributed by atoms with Crippen molar-refractivity contribution in [1.82, 2.24) is 4.57 Å². The summed E-state index contributed by atoms with van der Waals surface area (Å²) in [6, 6.07) is 8.59. The first-order valence-corrected chi connectivity index (χ1v) is 4.42. The van der Waals surface area contributed by atoms with Crippen molar-refractivity contribution in [3.8, 4) is 5.69 Å². The van der Waals surface area contributed by atoms with Crippen LogP contribution in [0.2, 0.25) is 0 Å². The maximum absolute atomic E-state index is 13.3. The minimum atomic E-state index is -0.217. The summed E-state index contributed by atoms with van der Waals surface area (Å²) in [4.78, 5) is 0. The third kappa shape index (κ3) is 1.48. The molecule has 0 fully saturated rings. The highest BCUT2D eigenvalue weighted by atomic mass is 19.1. The molecule has 0 saturated carbocycles. The zero-order chi connectivity index (χ0) is 9.97. The lowest BCUT2D eigenvalue weighted by atomic mass is 10.3. The summed E-state index contributed by atoms with van der Waals surface area (Å²) in [5.74, 6) is -0.217. The second-order valence-corrected chi connectivity index (χ2v) is 3.01. The lowest BCUT2D eigenvalue weighted by Crippen LogP contribution is -1.93. The van der Waals surface area contributed by atoms with Crippen molar-refractivity contribution in [2.45, 2.75) is 0 Å². The van der Waals surface area contributed by atoms with Crippen LogP contribution in [0.1, 0.15) is 0 Å².